The Morgan fingerprint density at radius 3 is 2.10 bits per heavy atom. The minimum Gasteiger partial charge on any atom is -0.384 e. The van der Waals surface area contributed by atoms with Crippen molar-refractivity contribution in [3.63, 3.8) is 0 Å². The van der Waals surface area contributed by atoms with E-state index < -0.39 is 5.60 Å². The van der Waals surface area contributed by atoms with Gasteiger partial charge in [0, 0.05) is 25.6 Å². The standard InChI is InChI=1S/C25H33NO2.ClH/c27-25(22-12-6-2-7-13-22,23-14-8-3-9-15-23)24(21-10-4-1-5-11-21)20-26-16-18-28-19-17-26;/h1-2,4-7,10-13,23-24,27H,3,8-9,14-20H2;1H. The zero-order chi connectivity index (χ0) is 19.2. The van der Waals surface area contributed by atoms with Gasteiger partial charge in [-0.2, -0.15) is 0 Å². The van der Waals surface area contributed by atoms with Crippen LogP contribution in [0.5, 0.6) is 0 Å². The van der Waals surface area contributed by atoms with Crippen LogP contribution in [0.2, 0.25) is 0 Å². The molecule has 1 aliphatic heterocycles. The molecule has 1 saturated carbocycles. The van der Waals surface area contributed by atoms with E-state index in [0.29, 0.717) is 5.92 Å². The second-order valence-electron chi connectivity index (χ2n) is 8.40. The highest BCUT2D eigenvalue weighted by molar-refractivity contribution is 5.85. The van der Waals surface area contributed by atoms with Gasteiger partial charge >= 0.3 is 0 Å². The number of aliphatic hydroxyl groups is 1. The number of ether oxygens (including phenoxy) is 1. The number of rotatable bonds is 6. The Labute approximate surface area is 181 Å². The maximum atomic E-state index is 12.5. The number of hydrogen-bond acceptors (Lipinski definition) is 3. The summed E-state index contributed by atoms with van der Waals surface area (Å²) in [4.78, 5) is 2.47. The molecule has 158 valence electrons. The number of morpholine rings is 1. The van der Waals surface area contributed by atoms with Crippen LogP contribution in [0, 0.1) is 5.92 Å². The van der Waals surface area contributed by atoms with Gasteiger partial charge in [-0.25, -0.2) is 0 Å². The first-order chi connectivity index (χ1) is 13.8. The van der Waals surface area contributed by atoms with Gasteiger partial charge in [0.05, 0.1) is 13.2 Å². The van der Waals surface area contributed by atoms with E-state index in [0.717, 1.165) is 51.3 Å². The van der Waals surface area contributed by atoms with Gasteiger partial charge < -0.3 is 9.84 Å². The van der Waals surface area contributed by atoms with Gasteiger partial charge in [0.2, 0.25) is 0 Å². The first-order valence-electron chi connectivity index (χ1n) is 10.9. The van der Waals surface area contributed by atoms with E-state index in [1.807, 2.05) is 6.07 Å². The topological polar surface area (TPSA) is 32.7 Å². The second-order valence-corrected chi connectivity index (χ2v) is 8.40. The number of nitrogens with zero attached hydrogens (tertiary/aromatic N) is 1. The molecule has 2 atom stereocenters. The highest BCUT2D eigenvalue weighted by atomic mass is 35.5. The maximum absolute atomic E-state index is 12.5. The molecule has 0 aromatic heterocycles. The molecule has 2 fully saturated rings. The van der Waals surface area contributed by atoms with Gasteiger partial charge in [0.25, 0.3) is 0 Å². The average Bonchev–Trinajstić information content (AvgIpc) is 2.79. The fourth-order valence-corrected chi connectivity index (χ4v) is 5.20. The van der Waals surface area contributed by atoms with Crippen LogP contribution in [0.1, 0.15) is 49.1 Å². The monoisotopic (exact) mass is 415 g/mol. The van der Waals surface area contributed by atoms with Crippen LogP contribution in [-0.4, -0.2) is 42.9 Å². The average molecular weight is 416 g/mol. The summed E-state index contributed by atoms with van der Waals surface area (Å²) in [5.41, 5.74) is 1.47. The second kappa shape index (κ2) is 10.6. The van der Waals surface area contributed by atoms with Crippen LogP contribution in [0.15, 0.2) is 60.7 Å². The van der Waals surface area contributed by atoms with Crippen molar-refractivity contribution >= 4 is 12.4 Å². The van der Waals surface area contributed by atoms with Crippen LogP contribution < -0.4 is 0 Å². The zero-order valence-electron chi connectivity index (χ0n) is 17.2. The van der Waals surface area contributed by atoms with Gasteiger partial charge in [-0.05, 0) is 29.9 Å². The molecule has 2 aromatic carbocycles. The molecule has 0 spiro atoms. The van der Waals surface area contributed by atoms with Crippen LogP contribution in [0.4, 0.5) is 0 Å². The van der Waals surface area contributed by atoms with Crippen LogP contribution in [-0.2, 0) is 10.3 Å². The van der Waals surface area contributed by atoms with Gasteiger partial charge in [-0.15, -0.1) is 12.4 Å². The van der Waals surface area contributed by atoms with E-state index in [9.17, 15) is 5.11 Å². The van der Waals surface area contributed by atoms with E-state index in [4.69, 9.17) is 4.74 Å². The number of hydrogen-bond donors (Lipinski definition) is 1. The minimum atomic E-state index is -0.846. The largest absolute Gasteiger partial charge is 0.384 e. The first-order valence-corrected chi connectivity index (χ1v) is 10.9. The molecule has 4 rings (SSSR count). The zero-order valence-corrected chi connectivity index (χ0v) is 18.0. The molecule has 29 heavy (non-hydrogen) atoms. The first kappa shape index (κ1) is 22.3. The van der Waals surface area contributed by atoms with Gasteiger partial charge in [0.1, 0.15) is 5.60 Å². The number of halogens is 1. The Kier molecular flexibility index (Phi) is 8.14. The summed E-state index contributed by atoms with van der Waals surface area (Å²) in [7, 11) is 0. The third-order valence-electron chi connectivity index (χ3n) is 6.74. The van der Waals surface area contributed by atoms with Crippen LogP contribution in [0.25, 0.3) is 0 Å². The lowest BCUT2D eigenvalue weighted by atomic mass is 9.65. The summed E-state index contributed by atoms with van der Waals surface area (Å²) < 4.78 is 5.57. The molecule has 2 aliphatic rings. The Balaban J connectivity index is 0.00000240. The van der Waals surface area contributed by atoms with E-state index in [-0.39, 0.29) is 18.3 Å². The quantitative estimate of drug-likeness (QED) is 0.721. The Morgan fingerprint density at radius 1 is 0.897 bits per heavy atom. The SMILES string of the molecule is Cl.OC(c1ccccc1)(C1CCCCC1)C(CN1CCOCC1)c1ccccc1. The van der Waals surface area contributed by atoms with Crippen molar-refractivity contribution < 1.29 is 9.84 Å². The van der Waals surface area contributed by atoms with E-state index in [1.54, 1.807) is 0 Å². The molecule has 1 saturated heterocycles. The lowest BCUT2D eigenvalue weighted by molar-refractivity contribution is -0.0758. The van der Waals surface area contributed by atoms with Crippen molar-refractivity contribution in [2.45, 2.75) is 43.6 Å². The molecule has 0 radical (unpaired) electrons. The molecule has 1 N–H and O–H groups in total. The highest BCUT2D eigenvalue weighted by Gasteiger charge is 2.46. The molecule has 0 bridgehead atoms. The minimum absolute atomic E-state index is 0. The third kappa shape index (κ3) is 5.03. The van der Waals surface area contributed by atoms with Crippen LogP contribution in [0.3, 0.4) is 0 Å². The third-order valence-corrected chi connectivity index (χ3v) is 6.74. The molecule has 1 aliphatic carbocycles. The molecule has 3 nitrogen and oxygen atoms in total. The van der Waals surface area contributed by atoms with E-state index >= 15 is 0 Å². The highest BCUT2D eigenvalue weighted by Crippen LogP contribution is 2.48. The lowest BCUT2D eigenvalue weighted by Gasteiger charge is -2.46. The molecule has 2 unspecified atom stereocenters. The summed E-state index contributed by atoms with van der Waals surface area (Å²) in [6, 6.07) is 21.1. The van der Waals surface area contributed by atoms with Crippen molar-refractivity contribution in [2.24, 2.45) is 5.92 Å². The fraction of sp³-hybridized carbons (Fsp3) is 0.520. The molecule has 1 heterocycles. The van der Waals surface area contributed by atoms with Gasteiger partial charge in [-0.3, -0.25) is 4.90 Å². The molecule has 2 aromatic rings. The normalized spacial score (nSPS) is 21.7. The van der Waals surface area contributed by atoms with Crippen molar-refractivity contribution in [2.75, 3.05) is 32.8 Å². The molecular formula is C25H34ClNO2. The Bertz CT molecular complexity index is 714. The molecule has 0 amide bonds. The maximum Gasteiger partial charge on any atom is 0.100 e. The van der Waals surface area contributed by atoms with E-state index in [2.05, 4.69) is 59.5 Å². The summed E-state index contributed by atoms with van der Waals surface area (Å²) in [6.07, 6.45) is 5.95. The summed E-state index contributed by atoms with van der Waals surface area (Å²) in [5.74, 6) is 0.354. The molecule has 4 heteroatoms. The summed E-state index contributed by atoms with van der Waals surface area (Å²) in [5, 5.41) is 12.5. The van der Waals surface area contributed by atoms with Crippen LogP contribution >= 0.6 is 12.4 Å². The fourth-order valence-electron chi connectivity index (χ4n) is 5.20. The predicted molar refractivity (Wildman–Crippen MR) is 121 cm³/mol. The van der Waals surface area contributed by atoms with Crippen molar-refractivity contribution in [1.82, 2.24) is 4.90 Å². The van der Waals surface area contributed by atoms with Crippen molar-refractivity contribution in [3.05, 3.63) is 71.8 Å². The summed E-state index contributed by atoms with van der Waals surface area (Å²) in [6.45, 7) is 4.33. The van der Waals surface area contributed by atoms with Crippen molar-refractivity contribution in [1.29, 1.82) is 0 Å². The number of benzene rings is 2. The summed E-state index contributed by atoms with van der Waals surface area (Å²) >= 11 is 0. The Hall–Kier alpha value is -1.39. The van der Waals surface area contributed by atoms with E-state index in [1.165, 1.54) is 24.8 Å². The van der Waals surface area contributed by atoms with Gasteiger partial charge in [0.15, 0.2) is 0 Å². The predicted octanol–water partition coefficient (Wildman–Crippen LogP) is 4.99. The van der Waals surface area contributed by atoms with Crippen molar-refractivity contribution in [3.8, 4) is 0 Å². The smallest absolute Gasteiger partial charge is 0.100 e. The molecular weight excluding hydrogens is 382 g/mol. The van der Waals surface area contributed by atoms with Gasteiger partial charge in [-0.1, -0.05) is 79.9 Å². The Morgan fingerprint density at radius 2 is 1.48 bits per heavy atom. The lowest BCUT2D eigenvalue weighted by Crippen LogP contribution is -2.48.